The van der Waals surface area contributed by atoms with Crippen LogP contribution >= 0.6 is 0 Å². The van der Waals surface area contributed by atoms with Gasteiger partial charge in [0.15, 0.2) is 0 Å². The molecule has 1 aromatic rings. The van der Waals surface area contributed by atoms with Gasteiger partial charge in [-0.3, -0.25) is 14.9 Å². The molecule has 0 saturated carbocycles. The van der Waals surface area contributed by atoms with Gasteiger partial charge in [0.05, 0.1) is 17.1 Å². The summed E-state index contributed by atoms with van der Waals surface area (Å²) in [6.45, 7) is 2.97. The van der Waals surface area contributed by atoms with E-state index in [1.165, 1.54) is 18.2 Å². The number of benzene rings is 1. The Labute approximate surface area is 109 Å². The van der Waals surface area contributed by atoms with Gasteiger partial charge in [-0.05, 0) is 25.5 Å². The highest BCUT2D eigenvalue weighted by Gasteiger charge is 2.31. The molecule has 7 nitrogen and oxygen atoms in total. The van der Waals surface area contributed by atoms with E-state index in [1.54, 1.807) is 0 Å². The van der Waals surface area contributed by atoms with E-state index < -0.39 is 10.5 Å². The Morgan fingerprint density at radius 2 is 2.32 bits per heavy atom. The van der Waals surface area contributed by atoms with Crippen LogP contribution in [0.2, 0.25) is 0 Å². The highest BCUT2D eigenvalue weighted by Crippen LogP contribution is 2.23. The first kappa shape index (κ1) is 13.3. The zero-order valence-corrected chi connectivity index (χ0v) is 10.5. The zero-order chi connectivity index (χ0) is 14.0. The molecule has 3 N–H and O–H groups in total. The number of nitrogen functional groups attached to an aromatic ring is 1. The van der Waals surface area contributed by atoms with Crippen LogP contribution in [0.4, 0.5) is 11.4 Å². The third-order valence-electron chi connectivity index (χ3n) is 3.12. The number of hydrogen-bond donors (Lipinski definition) is 2. The molecular formula is C12H15N3O4. The summed E-state index contributed by atoms with van der Waals surface area (Å²) in [7, 11) is 0. The van der Waals surface area contributed by atoms with E-state index in [2.05, 4.69) is 5.32 Å². The molecule has 0 radical (unpaired) electrons. The molecule has 1 aromatic carbocycles. The lowest BCUT2D eigenvalue weighted by Crippen LogP contribution is -2.46. The molecule has 1 aliphatic heterocycles. The minimum atomic E-state index is -0.580. The summed E-state index contributed by atoms with van der Waals surface area (Å²) < 4.78 is 5.24. The van der Waals surface area contributed by atoms with Crippen molar-refractivity contribution in [3.8, 4) is 0 Å². The fourth-order valence-corrected chi connectivity index (χ4v) is 1.97. The number of hydrogen-bond acceptors (Lipinski definition) is 5. The number of nitro benzene ring substituents is 1. The highest BCUT2D eigenvalue weighted by molar-refractivity contribution is 5.96. The average molecular weight is 265 g/mol. The minimum Gasteiger partial charge on any atom is -0.393 e. The molecule has 0 bridgehead atoms. The summed E-state index contributed by atoms with van der Waals surface area (Å²) in [6.07, 6.45) is 0.737. The first-order valence-corrected chi connectivity index (χ1v) is 5.85. The maximum Gasteiger partial charge on any atom is 0.292 e. The van der Waals surface area contributed by atoms with Crippen molar-refractivity contribution in [3.63, 3.8) is 0 Å². The van der Waals surface area contributed by atoms with Crippen LogP contribution < -0.4 is 11.1 Å². The highest BCUT2D eigenvalue weighted by atomic mass is 16.6. The minimum absolute atomic E-state index is 0.0227. The lowest BCUT2D eigenvalue weighted by molar-refractivity contribution is -0.383. The Balaban J connectivity index is 2.16. The maximum absolute atomic E-state index is 12.0. The van der Waals surface area contributed by atoms with Crippen molar-refractivity contribution in [1.82, 2.24) is 5.32 Å². The average Bonchev–Trinajstić information content (AvgIpc) is 2.75. The van der Waals surface area contributed by atoms with Crippen LogP contribution in [0.25, 0.3) is 0 Å². The van der Waals surface area contributed by atoms with Crippen molar-refractivity contribution in [3.05, 3.63) is 33.9 Å². The number of amides is 1. The van der Waals surface area contributed by atoms with Gasteiger partial charge in [0.25, 0.3) is 11.6 Å². The van der Waals surface area contributed by atoms with Crippen LogP contribution in [0.3, 0.4) is 0 Å². The third-order valence-corrected chi connectivity index (χ3v) is 3.12. The van der Waals surface area contributed by atoms with Crippen LogP contribution in [-0.4, -0.2) is 29.6 Å². The zero-order valence-electron chi connectivity index (χ0n) is 10.5. The van der Waals surface area contributed by atoms with Gasteiger partial charge in [0.2, 0.25) is 0 Å². The van der Waals surface area contributed by atoms with Crippen molar-refractivity contribution in [2.24, 2.45) is 0 Å². The van der Waals surface area contributed by atoms with E-state index >= 15 is 0 Å². The number of nitrogens with zero attached hydrogens (tertiary/aromatic N) is 1. The van der Waals surface area contributed by atoms with E-state index in [1.807, 2.05) is 6.92 Å². The second-order valence-electron chi connectivity index (χ2n) is 4.85. The molecule has 0 aromatic heterocycles. The van der Waals surface area contributed by atoms with E-state index in [9.17, 15) is 14.9 Å². The molecule has 1 aliphatic rings. The lowest BCUT2D eigenvalue weighted by atomic mass is 10.0. The van der Waals surface area contributed by atoms with E-state index in [-0.39, 0.29) is 17.3 Å². The van der Waals surface area contributed by atoms with E-state index in [0.717, 1.165) is 6.42 Å². The van der Waals surface area contributed by atoms with Crippen molar-refractivity contribution < 1.29 is 14.5 Å². The topological polar surface area (TPSA) is 107 Å². The number of nitrogens with one attached hydrogen (secondary N) is 1. The van der Waals surface area contributed by atoms with Gasteiger partial charge < -0.3 is 15.8 Å². The molecule has 102 valence electrons. The molecule has 1 unspecified atom stereocenters. The molecule has 1 amide bonds. The smallest absolute Gasteiger partial charge is 0.292 e. The summed E-state index contributed by atoms with van der Waals surface area (Å²) in [5, 5.41) is 13.5. The first-order chi connectivity index (χ1) is 8.91. The van der Waals surface area contributed by atoms with Crippen LogP contribution in [-0.2, 0) is 4.74 Å². The fraction of sp³-hybridized carbons (Fsp3) is 0.417. The van der Waals surface area contributed by atoms with Gasteiger partial charge >= 0.3 is 0 Å². The van der Waals surface area contributed by atoms with E-state index in [0.29, 0.717) is 18.8 Å². The molecule has 2 rings (SSSR count). The van der Waals surface area contributed by atoms with Crippen molar-refractivity contribution >= 4 is 17.3 Å². The lowest BCUT2D eigenvalue weighted by Gasteiger charge is -2.23. The van der Waals surface area contributed by atoms with Crippen LogP contribution in [0.5, 0.6) is 0 Å². The fourth-order valence-electron chi connectivity index (χ4n) is 1.97. The molecule has 7 heteroatoms. The third kappa shape index (κ3) is 2.82. The van der Waals surface area contributed by atoms with Crippen molar-refractivity contribution in [1.29, 1.82) is 0 Å². The largest absolute Gasteiger partial charge is 0.393 e. The second-order valence-corrected chi connectivity index (χ2v) is 4.85. The van der Waals surface area contributed by atoms with Gasteiger partial charge in [0.1, 0.15) is 5.69 Å². The monoisotopic (exact) mass is 265 g/mol. The van der Waals surface area contributed by atoms with Gasteiger partial charge in [-0.2, -0.15) is 0 Å². The number of carbonyl (C=O) groups is 1. The SMILES string of the molecule is CC1(NC(=O)c2ccc([N+](=O)[O-])c(N)c2)CCOC1. The number of ether oxygens (including phenoxy) is 1. The molecule has 1 heterocycles. The number of carbonyl (C=O) groups excluding carboxylic acids is 1. The molecular weight excluding hydrogens is 250 g/mol. The van der Waals surface area contributed by atoms with Crippen molar-refractivity contribution in [2.75, 3.05) is 18.9 Å². The van der Waals surface area contributed by atoms with Gasteiger partial charge in [-0.1, -0.05) is 0 Å². The Morgan fingerprint density at radius 3 is 2.84 bits per heavy atom. The normalized spacial score (nSPS) is 22.2. The number of anilines is 1. The second kappa shape index (κ2) is 4.85. The molecule has 0 spiro atoms. The standard InChI is InChI=1S/C12H15N3O4/c1-12(4-5-19-7-12)14-11(16)8-2-3-10(15(17)18)9(13)6-8/h2-3,6H,4-5,7,13H2,1H3,(H,14,16). The summed E-state index contributed by atoms with van der Waals surface area (Å²) >= 11 is 0. The number of nitro groups is 1. The Hall–Kier alpha value is -2.15. The van der Waals surface area contributed by atoms with Crippen LogP contribution in [0.1, 0.15) is 23.7 Å². The molecule has 19 heavy (non-hydrogen) atoms. The summed E-state index contributed by atoms with van der Waals surface area (Å²) in [4.78, 5) is 22.1. The molecule has 1 fully saturated rings. The molecule has 1 saturated heterocycles. The quantitative estimate of drug-likeness (QED) is 0.483. The van der Waals surface area contributed by atoms with Gasteiger partial charge in [0, 0.05) is 18.2 Å². The first-order valence-electron chi connectivity index (χ1n) is 5.85. The van der Waals surface area contributed by atoms with Gasteiger partial charge in [-0.15, -0.1) is 0 Å². The Morgan fingerprint density at radius 1 is 1.58 bits per heavy atom. The van der Waals surface area contributed by atoms with Crippen LogP contribution in [0.15, 0.2) is 18.2 Å². The Bertz CT molecular complexity index is 524. The predicted octanol–water partition coefficient (Wildman–Crippen LogP) is 1.09. The summed E-state index contributed by atoms with van der Waals surface area (Å²) in [6, 6.07) is 3.94. The molecule has 1 atom stereocenters. The molecule has 0 aliphatic carbocycles. The van der Waals surface area contributed by atoms with E-state index in [4.69, 9.17) is 10.5 Å². The number of nitrogens with two attached hydrogens (primary N) is 1. The maximum atomic E-state index is 12.0. The van der Waals surface area contributed by atoms with Crippen LogP contribution in [0, 0.1) is 10.1 Å². The summed E-state index contributed by atoms with van der Waals surface area (Å²) in [5.41, 5.74) is 5.24. The van der Waals surface area contributed by atoms with Gasteiger partial charge in [-0.25, -0.2) is 0 Å². The summed E-state index contributed by atoms with van der Waals surface area (Å²) in [5.74, 6) is -0.311. The number of rotatable bonds is 3. The predicted molar refractivity (Wildman–Crippen MR) is 68.8 cm³/mol. The van der Waals surface area contributed by atoms with Crippen molar-refractivity contribution in [2.45, 2.75) is 18.9 Å². The Kier molecular flexibility index (Phi) is 3.39.